The van der Waals surface area contributed by atoms with Crippen LogP contribution in [0, 0.1) is 0 Å². The fourth-order valence-corrected chi connectivity index (χ4v) is 4.82. The van der Waals surface area contributed by atoms with Crippen LogP contribution in [0.4, 0.5) is 5.69 Å². The normalized spacial score (nSPS) is 17.6. The maximum absolute atomic E-state index is 13.4. The second-order valence-corrected chi connectivity index (χ2v) is 8.79. The molecule has 1 fully saturated rings. The number of amides is 2. The highest BCUT2D eigenvalue weighted by molar-refractivity contribution is 6.23. The molecule has 0 N–H and O–H groups in total. The number of carbonyl (C=O) groups excluding carboxylic acids is 2. The van der Waals surface area contributed by atoms with Crippen molar-refractivity contribution in [2.75, 3.05) is 44.4 Å². The Morgan fingerprint density at radius 3 is 2.57 bits per heavy atom. The Bertz CT molecular complexity index is 1290. The SMILES string of the molecule is O=C1c2cccc(N3CCN(CC=Cc4ccco4)CC3)c2C(=O)N1Cc1ccc2c(c1)OCO2. The van der Waals surface area contributed by atoms with Crippen LogP contribution < -0.4 is 14.4 Å². The Hall–Kier alpha value is -4.04. The molecule has 4 heterocycles. The predicted molar refractivity (Wildman–Crippen MR) is 130 cm³/mol. The first kappa shape index (κ1) is 21.5. The minimum Gasteiger partial charge on any atom is -0.465 e. The average molecular weight is 472 g/mol. The van der Waals surface area contributed by atoms with Crippen LogP contribution in [0.2, 0.25) is 0 Å². The number of piperazine rings is 1. The van der Waals surface area contributed by atoms with Crippen LogP contribution in [0.25, 0.3) is 6.08 Å². The monoisotopic (exact) mass is 471 g/mol. The molecule has 3 aliphatic rings. The van der Waals surface area contributed by atoms with Crippen LogP contribution in [0.15, 0.2) is 65.3 Å². The number of nitrogens with zero attached hydrogens (tertiary/aromatic N) is 3. The standard InChI is InChI=1S/C27H25N3O5/c31-26-21-6-1-7-22(29-13-11-28(12-14-29)10-2-4-20-5-3-15-33-20)25(21)27(32)30(26)17-19-8-9-23-24(16-19)35-18-34-23/h1-9,15-16H,10-14,17-18H2. The van der Waals surface area contributed by atoms with Gasteiger partial charge in [-0.1, -0.05) is 18.2 Å². The molecule has 1 aromatic heterocycles. The average Bonchev–Trinajstić information content (AvgIpc) is 3.62. The van der Waals surface area contributed by atoms with Crippen molar-refractivity contribution < 1.29 is 23.5 Å². The molecule has 6 rings (SSSR count). The fraction of sp³-hybridized carbons (Fsp3) is 0.259. The van der Waals surface area contributed by atoms with Gasteiger partial charge in [0, 0.05) is 32.7 Å². The summed E-state index contributed by atoms with van der Waals surface area (Å²) in [6.45, 7) is 4.52. The number of carbonyl (C=O) groups is 2. The minimum atomic E-state index is -0.258. The Morgan fingerprint density at radius 2 is 1.74 bits per heavy atom. The summed E-state index contributed by atoms with van der Waals surface area (Å²) in [5, 5.41) is 0. The first-order valence-corrected chi connectivity index (χ1v) is 11.7. The van der Waals surface area contributed by atoms with Crippen LogP contribution in [-0.2, 0) is 6.54 Å². The Morgan fingerprint density at radius 1 is 0.886 bits per heavy atom. The van der Waals surface area contributed by atoms with Gasteiger partial charge in [-0.25, -0.2) is 0 Å². The molecule has 3 aromatic rings. The Balaban J connectivity index is 1.14. The van der Waals surface area contributed by atoms with Crippen LogP contribution in [0.1, 0.15) is 32.0 Å². The van der Waals surface area contributed by atoms with E-state index in [1.807, 2.05) is 48.5 Å². The van der Waals surface area contributed by atoms with Crippen LogP contribution >= 0.6 is 0 Å². The molecule has 0 bridgehead atoms. The van der Waals surface area contributed by atoms with E-state index in [4.69, 9.17) is 13.9 Å². The number of hydrogen-bond acceptors (Lipinski definition) is 7. The van der Waals surface area contributed by atoms with Gasteiger partial charge in [-0.2, -0.15) is 0 Å². The highest BCUT2D eigenvalue weighted by Gasteiger charge is 2.39. The van der Waals surface area contributed by atoms with E-state index in [0.29, 0.717) is 22.6 Å². The van der Waals surface area contributed by atoms with E-state index in [0.717, 1.165) is 49.7 Å². The second-order valence-electron chi connectivity index (χ2n) is 8.79. The van der Waals surface area contributed by atoms with Crippen molar-refractivity contribution in [3.63, 3.8) is 0 Å². The van der Waals surface area contributed by atoms with Gasteiger partial charge in [0.15, 0.2) is 11.5 Å². The summed E-state index contributed by atoms with van der Waals surface area (Å²) in [6.07, 6.45) is 5.75. The van der Waals surface area contributed by atoms with Crippen molar-refractivity contribution in [1.29, 1.82) is 0 Å². The molecule has 2 amide bonds. The van der Waals surface area contributed by atoms with Gasteiger partial charge in [0.25, 0.3) is 11.8 Å². The molecule has 8 heteroatoms. The third kappa shape index (κ3) is 4.06. The quantitative estimate of drug-likeness (QED) is 0.508. The lowest BCUT2D eigenvalue weighted by Crippen LogP contribution is -2.46. The number of fused-ring (bicyclic) bond motifs is 2. The topological polar surface area (TPSA) is 75.5 Å². The molecule has 0 atom stereocenters. The zero-order valence-electron chi connectivity index (χ0n) is 19.2. The summed E-state index contributed by atoms with van der Waals surface area (Å²) in [6, 6.07) is 14.9. The minimum absolute atomic E-state index is 0.183. The lowest BCUT2D eigenvalue weighted by Gasteiger charge is -2.36. The summed E-state index contributed by atoms with van der Waals surface area (Å²) in [4.78, 5) is 32.5. The second kappa shape index (κ2) is 8.96. The van der Waals surface area contributed by atoms with Crippen molar-refractivity contribution in [2.24, 2.45) is 0 Å². The third-order valence-electron chi connectivity index (χ3n) is 6.66. The summed E-state index contributed by atoms with van der Waals surface area (Å²) >= 11 is 0. The molecule has 3 aliphatic heterocycles. The number of rotatable bonds is 6. The van der Waals surface area contributed by atoms with Crippen molar-refractivity contribution in [1.82, 2.24) is 9.80 Å². The molecule has 0 unspecified atom stereocenters. The molecular weight excluding hydrogens is 446 g/mol. The van der Waals surface area contributed by atoms with E-state index < -0.39 is 0 Å². The number of hydrogen-bond donors (Lipinski definition) is 0. The first-order chi connectivity index (χ1) is 17.2. The molecule has 2 aromatic carbocycles. The van der Waals surface area contributed by atoms with E-state index >= 15 is 0 Å². The number of benzene rings is 2. The number of imide groups is 1. The van der Waals surface area contributed by atoms with Crippen LogP contribution in [0.5, 0.6) is 11.5 Å². The van der Waals surface area contributed by atoms with Gasteiger partial charge in [0.2, 0.25) is 6.79 Å². The van der Waals surface area contributed by atoms with E-state index in [2.05, 4.69) is 15.9 Å². The number of furan rings is 1. The zero-order valence-corrected chi connectivity index (χ0v) is 19.2. The molecular formula is C27H25N3O5. The molecule has 178 valence electrons. The molecule has 8 nitrogen and oxygen atoms in total. The largest absolute Gasteiger partial charge is 0.465 e. The van der Waals surface area contributed by atoms with Gasteiger partial charge in [-0.3, -0.25) is 19.4 Å². The third-order valence-corrected chi connectivity index (χ3v) is 6.66. The summed E-state index contributed by atoms with van der Waals surface area (Å²) in [5.41, 5.74) is 2.63. The molecule has 0 spiro atoms. The van der Waals surface area contributed by atoms with Gasteiger partial charge in [-0.05, 0) is 48.0 Å². The van der Waals surface area contributed by atoms with E-state index in [1.54, 1.807) is 12.3 Å². The zero-order chi connectivity index (χ0) is 23.8. The van der Waals surface area contributed by atoms with E-state index in [9.17, 15) is 9.59 Å². The predicted octanol–water partition coefficient (Wildman–Crippen LogP) is 3.64. The molecule has 0 aliphatic carbocycles. The molecule has 0 saturated carbocycles. The van der Waals surface area contributed by atoms with Crippen LogP contribution in [0.3, 0.4) is 0 Å². The maximum Gasteiger partial charge on any atom is 0.263 e. The molecule has 35 heavy (non-hydrogen) atoms. The van der Waals surface area contributed by atoms with Crippen molar-refractivity contribution >= 4 is 23.6 Å². The van der Waals surface area contributed by atoms with Crippen molar-refractivity contribution in [2.45, 2.75) is 6.54 Å². The summed E-state index contributed by atoms with van der Waals surface area (Å²) < 4.78 is 16.1. The number of anilines is 1. The lowest BCUT2D eigenvalue weighted by molar-refractivity contribution is 0.0642. The molecule has 0 radical (unpaired) electrons. The van der Waals surface area contributed by atoms with Gasteiger partial charge in [0.1, 0.15) is 5.76 Å². The van der Waals surface area contributed by atoms with Gasteiger partial charge >= 0.3 is 0 Å². The number of ether oxygens (including phenoxy) is 2. The lowest BCUT2D eigenvalue weighted by atomic mass is 10.1. The summed E-state index contributed by atoms with van der Waals surface area (Å²) in [7, 11) is 0. The Kier molecular flexibility index (Phi) is 5.50. The van der Waals surface area contributed by atoms with E-state index in [1.165, 1.54) is 4.90 Å². The fourth-order valence-electron chi connectivity index (χ4n) is 4.82. The van der Waals surface area contributed by atoms with E-state index in [-0.39, 0.29) is 25.2 Å². The highest BCUT2D eigenvalue weighted by atomic mass is 16.7. The van der Waals surface area contributed by atoms with Gasteiger partial charge in [-0.15, -0.1) is 0 Å². The first-order valence-electron chi connectivity index (χ1n) is 11.7. The Labute approximate surface area is 202 Å². The van der Waals surface area contributed by atoms with Crippen LogP contribution in [-0.4, -0.2) is 61.1 Å². The summed E-state index contributed by atoms with van der Waals surface area (Å²) in [5.74, 6) is 1.65. The van der Waals surface area contributed by atoms with Gasteiger partial charge < -0.3 is 18.8 Å². The van der Waals surface area contributed by atoms with Crippen molar-refractivity contribution in [3.05, 3.63) is 83.3 Å². The maximum atomic E-state index is 13.4. The highest BCUT2D eigenvalue weighted by Crippen LogP contribution is 2.36. The van der Waals surface area contributed by atoms with Crippen molar-refractivity contribution in [3.8, 4) is 11.5 Å². The van der Waals surface area contributed by atoms with Gasteiger partial charge in [0.05, 0.1) is 29.6 Å². The smallest absolute Gasteiger partial charge is 0.263 e. The molecule has 1 saturated heterocycles.